The number of methoxy groups -OCH3 is 2. The lowest BCUT2D eigenvalue weighted by Crippen LogP contribution is -2.62. The van der Waals surface area contributed by atoms with E-state index in [1.807, 2.05) is 0 Å². The summed E-state index contributed by atoms with van der Waals surface area (Å²) in [7, 11) is 2.96. The van der Waals surface area contributed by atoms with Crippen molar-refractivity contribution in [2.75, 3.05) is 19.5 Å². The molecule has 0 bridgehead atoms. The first-order valence-electron chi connectivity index (χ1n) is 11.9. The van der Waals surface area contributed by atoms with Crippen LogP contribution in [0.1, 0.15) is 29.8 Å². The molecule has 5 rings (SSSR count). The predicted molar refractivity (Wildman–Crippen MR) is 134 cm³/mol. The fourth-order valence-electron chi connectivity index (χ4n) is 4.83. The average molecular weight is 526 g/mol. The third kappa shape index (κ3) is 4.44. The van der Waals surface area contributed by atoms with Crippen LogP contribution in [-0.4, -0.2) is 56.5 Å². The van der Waals surface area contributed by atoms with Crippen molar-refractivity contribution in [3.8, 4) is 11.5 Å². The number of carbonyl (C=O) groups excluding carboxylic acids is 2. The van der Waals surface area contributed by atoms with Gasteiger partial charge in [0.05, 0.1) is 18.3 Å². The average Bonchev–Trinajstić information content (AvgIpc) is 3.27. The molecule has 2 aliphatic heterocycles. The van der Waals surface area contributed by atoms with E-state index >= 15 is 0 Å². The summed E-state index contributed by atoms with van der Waals surface area (Å²) in [6.45, 7) is 5.31. The topological polar surface area (TPSA) is 132 Å². The van der Waals surface area contributed by atoms with Crippen molar-refractivity contribution >= 4 is 28.7 Å². The van der Waals surface area contributed by atoms with Crippen LogP contribution < -0.4 is 20.4 Å². The van der Waals surface area contributed by atoms with Crippen molar-refractivity contribution < 1.29 is 42.4 Å². The van der Waals surface area contributed by atoms with E-state index in [9.17, 15) is 14.4 Å². The lowest BCUT2D eigenvalue weighted by Gasteiger charge is -2.45. The normalized spacial score (nSPS) is 23.8. The van der Waals surface area contributed by atoms with E-state index in [-0.39, 0.29) is 16.8 Å². The summed E-state index contributed by atoms with van der Waals surface area (Å²) >= 11 is 0. The van der Waals surface area contributed by atoms with Crippen molar-refractivity contribution in [3.63, 3.8) is 0 Å². The molecule has 4 unspecified atom stereocenters. The quantitative estimate of drug-likeness (QED) is 0.374. The molecule has 2 fully saturated rings. The first-order chi connectivity index (χ1) is 18.1. The number of ether oxygens (including phenoxy) is 6. The number of fused-ring (bicyclic) bond motifs is 2. The third-order valence-electron chi connectivity index (χ3n) is 6.66. The highest BCUT2D eigenvalue weighted by Gasteiger charge is 2.59. The Morgan fingerprint density at radius 3 is 2.47 bits per heavy atom. The highest BCUT2D eigenvalue weighted by molar-refractivity contribution is 6.06. The molecule has 4 atom stereocenters. The second-order valence-corrected chi connectivity index (χ2v) is 9.49. The van der Waals surface area contributed by atoms with Crippen LogP contribution in [0.2, 0.25) is 0 Å². The molecule has 1 N–H and O–H groups in total. The van der Waals surface area contributed by atoms with Crippen molar-refractivity contribution in [2.24, 2.45) is 0 Å². The van der Waals surface area contributed by atoms with Gasteiger partial charge in [-0.15, -0.1) is 0 Å². The van der Waals surface area contributed by atoms with Gasteiger partial charge in [-0.25, -0.2) is 9.59 Å². The minimum absolute atomic E-state index is 0.0256. The monoisotopic (exact) mass is 525 g/mol. The third-order valence-corrected chi connectivity index (χ3v) is 6.66. The van der Waals surface area contributed by atoms with Crippen molar-refractivity contribution in [1.82, 2.24) is 0 Å². The number of amides is 1. The van der Waals surface area contributed by atoms with E-state index in [2.05, 4.69) is 5.32 Å². The number of para-hydroxylation sites is 1. The molecule has 200 valence electrons. The Morgan fingerprint density at radius 1 is 1.00 bits per heavy atom. The maximum Gasteiger partial charge on any atom is 0.509 e. The number of rotatable bonds is 6. The second kappa shape index (κ2) is 9.66. The second-order valence-electron chi connectivity index (χ2n) is 9.49. The zero-order valence-electron chi connectivity index (χ0n) is 21.4. The minimum Gasteiger partial charge on any atom is -0.496 e. The van der Waals surface area contributed by atoms with Crippen LogP contribution in [0.15, 0.2) is 51.7 Å². The lowest BCUT2D eigenvalue weighted by atomic mass is 9.89. The highest BCUT2D eigenvalue weighted by atomic mass is 16.8. The van der Waals surface area contributed by atoms with Crippen molar-refractivity contribution in [3.05, 3.63) is 64.0 Å². The summed E-state index contributed by atoms with van der Waals surface area (Å²) in [5.74, 6) is 0.211. The molecule has 38 heavy (non-hydrogen) atoms. The fourth-order valence-corrected chi connectivity index (χ4v) is 4.83. The Labute approximate surface area is 217 Å². The lowest BCUT2D eigenvalue weighted by molar-refractivity contribution is -0.282. The molecule has 2 saturated heterocycles. The van der Waals surface area contributed by atoms with Crippen molar-refractivity contribution in [2.45, 2.75) is 51.0 Å². The minimum atomic E-state index is -1.00. The van der Waals surface area contributed by atoms with Gasteiger partial charge in [0.1, 0.15) is 28.9 Å². The van der Waals surface area contributed by atoms with Crippen LogP contribution in [0.4, 0.5) is 10.5 Å². The first kappa shape index (κ1) is 25.6. The summed E-state index contributed by atoms with van der Waals surface area (Å²) in [6, 6.07) is 11.5. The molecule has 1 aromatic heterocycles. The standard InChI is InChI=1S/C27H27NO10/c1-13-17(34-25-21-20(36-26(31)37-21)22(33-5)27(2,3)38-25)11-10-14-12-16(24(30)35-19(13)14)28-23(29)15-8-6-7-9-18(15)32-4/h6-12,20-22,25H,1-5H3,(H,28,29). The molecule has 11 heteroatoms. The van der Waals surface area contributed by atoms with E-state index in [4.69, 9.17) is 32.8 Å². The zero-order chi connectivity index (χ0) is 27.2. The molecular weight excluding hydrogens is 498 g/mol. The summed E-state index contributed by atoms with van der Waals surface area (Å²) in [5.41, 5.74) is -0.571. The summed E-state index contributed by atoms with van der Waals surface area (Å²) in [6.07, 6.45) is -4.00. The zero-order valence-corrected chi connectivity index (χ0v) is 21.4. The van der Waals surface area contributed by atoms with Gasteiger partial charge in [-0.05, 0) is 51.1 Å². The van der Waals surface area contributed by atoms with E-state index in [1.165, 1.54) is 20.3 Å². The predicted octanol–water partition coefficient (Wildman–Crippen LogP) is 3.80. The number of nitrogens with one attached hydrogen (secondary N) is 1. The molecule has 3 aromatic rings. The molecule has 1 amide bonds. The number of carbonyl (C=O) groups is 2. The van der Waals surface area contributed by atoms with Gasteiger partial charge in [-0.1, -0.05) is 12.1 Å². The van der Waals surface area contributed by atoms with Gasteiger partial charge in [0.2, 0.25) is 12.4 Å². The SMILES string of the molecule is COc1ccccc1C(=O)Nc1cc2ccc(OC3OC(C)(C)C(OC)C4OC(=O)OC34)c(C)c2oc1=O. The van der Waals surface area contributed by atoms with Gasteiger partial charge in [-0.3, -0.25) is 4.79 Å². The van der Waals surface area contributed by atoms with Gasteiger partial charge in [0.25, 0.3) is 5.91 Å². The van der Waals surface area contributed by atoms with Gasteiger partial charge in [0.15, 0.2) is 6.10 Å². The van der Waals surface area contributed by atoms with Crippen LogP contribution in [0.3, 0.4) is 0 Å². The number of benzene rings is 2. The van der Waals surface area contributed by atoms with E-state index in [0.29, 0.717) is 22.4 Å². The van der Waals surface area contributed by atoms with Gasteiger partial charge < -0.3 is 38.2 Å². The van der Waals surface area contributed by atoms with Crippen LogP contribution in [-0.2, 0) is 18.9 Å². The Kier molecular flexibility index (Phi) is 6.49. The van der Waals surface area contributed by atoms with E-state index in [0.717, 1.165) is 0 Å². The highest BCUT2D eigenvalue weighted by Crippen LogP contribution is 2.39. The molecule has 2 aliphatic rings. The van der Waals surface area contributed by atoms with Crippen LogP contribution >= 0.6 is 0 Å². The number of hydrogen-bond donors (Lipinski definition) is 1. The fraction of sp³-hybridized carbons (Fsp3) is 0.370. The Bertz CT molecular complexity index is 1460. The van der Waals surface area contributed by atoms with Gasteiger partial charge >= 0.3 is 11.8 Å². The number of hydrogen-bond acceptors (Lipinski definition) is 10. The van der Waals surface area contributed by atoms with Crippen molar-refractivity contribution in [1.29, 1.82) is 0 Å². The van der Waals surface area contributed by atoms with Gasteiger partial charge in [-0.2, -0.15) is 0 Å². The van der Waals surface area contributed by atoms with Crippen LogP contribution in [0.5, 0.6) is 11.5 Å². The first-order valence-corrected chi connectivity index (χ1v) is 11.9. The molecule has 0 saturated carbocycles. The Balaban J connectivity index is 1.42. The Morgan fingerprint density at radius 2 is 1.74 bits per heavy atom. The smallest absolute Gasteiger partial charge is 0.496 e. The molecule has 0 spiro atoms. The maximum absolute atomic E-state index is 12.8. The molecule has 0 radical (unpaired) electrons. The van der Waals surface area contributed by atoms with E-state index < -0.39 is 47.9 Å². The van der Waals surface area contributed by atoms with Crippen LogP contribution in [0.25, 0.3) is 11.0 Å². The Hall–Kier alpha value is -4.09. The molecule has 2 aromatic carbocycles. The summed E-state index contributed by atoms with van der Waals surface area (Å²) in [5, 5.41) is 3.15. The summed E-state index contributed by atoms with van der Waals surface area (Å²) < 4.78 is 39.2. The van der Waals surface area contributed by atoms with Crippen LogP contribution in [0, 0.1) is 6.92 Å². The molecule has 0 aliphatic carbocycles. The maximum atomic E-state index is 12.8. The molecule has 11 nitrogen and oxygen atoms in total. The summed E-state index contributed by atoms with van der Waals surface area (Å²) in [4.78, 5) is 37.5. The number of aryl methyl sites for hydroxylation is 1. The number of anilines is 1. The largest absolute Gasteiger partial charge is 0.509 e. The van der Waals surface area contributed by atoms with Gasteiger partial charge in [0, 0.05) is 18.1 Å². The molecular formula is C27H27NO10. The molecule has 3 heterocycles. The van der Waals surface area contributed by atoms with E-state index in [1.54, 1.807) is 57.2 Å².